The number of nitrogens with one attached hydrogen (secondary N) is 1. The minimum Gasteiger partial charge on any atom is -0.463 e. The van der Waals surface area contributed by atoms with Crippen LogP contribution >= 0.6 is 11.6 Å². The van der Waals surface area contributed by atoms with Crippen LogP contribution in [0.2, 0.25) is 0 Å². The van der Waals surface area contributed by atoms with Crippen LogP contribution in [0, 0.1) is 0 Å². The van der Waals surface area contributed by atoms with E-state index in [9.17, 15) is 9.59 Å². The number of hydrogen-bond acceptors (Lipinski definition) is 3. The number of esters is 1. The topological polar surface area (TPSA) is 55.4 Å². The van der Waals surface area contributed by atoms with Crippen LogP contribution in [-0.4, -0.2) is 29.4 Å². The van der Waals surface area contributed by atoms with E-state index in [2.05, 4.69) is 5.32 Å². The van der Waals surface area contributed by atoms with Gasteiger partial charge in [-0.3, -0.25) is 4.79 Å². The minimum atomic E-state index is -0.574. The first kappa shape index (κ1) is 16.0. The summed E-state index contributed by atoms with van der Waals surface area (Å²) in [5.41, 5.74) is -0.453. The number of rotatable bonds is 5. The van der Waals surface area contributed by atoms with Gasteiger partial charge >= 0.3 is 5.97 Å². The van der Waals surface area contributed by atoms with Gasteiger partial charge in [0.25, 0.3) is 0 Å². The first-order valence-corrected chi connectivity index (χ1v) is 7.25. The van der Waals surface area contributed by atoms with Gasteiger partial charge in [0.2, 0.25) is 5.91 Å². The van der Waals surface area contributed by atoms with Crippen LogP contribution in [0.25, 0.3) is 0 Å². The Labute approximate surface area is 119 Å². The van der Waals surface area contributed by atoms with Gasteiger partial charge in [0.1, 0.15) is 5.38 Å². The molecule has 19 heavy (non-hydrogen) atoms. The van der Waals surface area contributed by atoms with Gasteiger partial charge in [-0.2, -0.15) is 0 Å². The number of carbonyl (C=O) groups is 2. The molecular formula is C14H22ClNO3. The maximum Gasteiger partial charge on any atom is 0.330 e. The summed E-state index contributed by atoms with van der Waals surface area (Å²) in [6.45, 7) is 3.75. The van der Waals surface area contributed by atoms with Gasteiger partial charge in [-0.15, -0.1) is 11.6 Å². The molecule has 1 rings (SSSR count). The van der Waals surface area contributed by atoms with E-state index >= 15 is 0 Å². The van der Waals surface area contributed by atoms with E-state index in [0.29, 0.717) is 6.61 Å². The number of alkyl halides is 1. The highest BCUT2D eigenvalue weighted by Gasteiger charge is 2.32. The van der Waals surface area contributed by atoms with E-state index in [1.165, 1.54) is 6.08 Å². The molecule has 4 nitrogen and oxygen atoms in total. The Bertz CT molecular complexity index is 347. The summed E-state index contributed by atoms with van der Waals surface area (Å²) < 4.78 is 4.87. The smallest absolute Gasteiger partial charge is 0.330 e. The summed E-state index contributed by atoms with van der Waals surface area (Å²) in [4.78, 5) is 23.2. The molecule has 1 amide bonds. The molecule has 5 heteroatoms. The van der Waals surface area contributed by atoms with Crippen molar-refractivity contribution in [3.63, 3.8) is 0 Å². The Morgan fingerprint density at radius 2 is 2.00 bits per heavy atom. The molecule has 1 aliphatic carbocycles. The van der Waals surface area contributed by atoms with Crippen LogP contribution in [0.1, 0.15) is 46.0 Å². The van der Waals surface area contributed by atoms with Gasteiger partial charge in [0.05, 0.1) is 12.1 Å². The zero-order valence-corrected chi connectivity index (χ0v) is 12.3. The number of hydrogen-bond donors (Lipinski definition) is 1. The third-order valence-electron chi connectivity index (χ3n) is 3.30. The van der Waals surface area contributed by atoms with Crippen molar-refractivity contribution in [2.45, 2.75) is 56.9 Å². The Balaban J connectivity index is 2.75. The first-order chi connectivity index (χ1) is 8.99. The van der Waals surface area contributed by atoms with E-state index in [-0.39, 0.29) is 11.9 Å². The molecule has 1 unspecified atom stereocenters. The molecule has 108 valence electrons. The predicted molar refractivity (Wildman–Crippen MR) is 75.0 cm³/mol. The minimum absolute atomic E-state index is 0.197. The van der Waals surface area contributed by atoms with Crippen LogP contribution in [0.4, 0.5) is 0 Å². The number of amides is 1. The van der Waals surface area contributed by atoms with Crippen LogP contribution in [0.3, 0.4) is 0 Å². The van der Waals surface area contributed by atoms with E-state index < -0.39 is 10.9 Å². The van der Waals surface area contributed by atoms with Crippen molar-refractivity contribution in [2.75, 3.05) is 6.61 Å². The second-order valence-corrected chi connectivity index (χ2v) is 5.56. The lowest BCUT2D eigenvalue weighted by atomic mass is 9.81. The standard InChI is InChI=1S/C14H22ClNO3/c1-3-19-12(17)7-10-14(8-5-4-6-9-14)16-13(18)11(2)15/h7,10-11H,3-6,8-9H2,1-2H3,(H,16,18)/b10-7-. The molecule has 1 aliphatic rings. The van der Waals surface area contributed by atoms with Gasteiger partial charge in [-0.25, -0.2) is 4.79 Å². The number of carbonyl (C=O) groups excluding carboxylic acids is 2. The fourth-order valence-corrected chi connectivity index (χ4v) is 2.33. The van der Waals surface area contributed by atoms with Crippen molar-refractivity contribution in [3.05, 3.63) is 12.2 Å². The molecule has 0 aromatic rings. The zero-order chi connectivity index (χ0) is 14.3. The first-order valence-electron chi connectivity index (χ1n) is 6.81. The molecule has 0 saturated heterocycles. The van der Waals surface area contributed by atoms with Crippen molar-refractivity contribution in [2.24, 2.45) is 0 Å². The number of ether oxygens (including phenoxy) is 1. The van der Waals surface area contributed by atoms with Crippen molar-refractivity contribution >= 4 is 23.5 Å². The third-order valence-corrected chi connectivity index (χ3v) is 3.50. The molecular weight excluding hydrogens is 266 g/mol. The third kappa shape index (κ3) is 5.23. The summed E-state index contributed by atoms with van der Waals surface area (Å²) in [6, 6.07) is 0. The lowest BCUT2D eigenvalue weighted by Crippen LogP contribution is -2.50. The van der Waals surface area contributed by atoms with Crippen molar-refractivity contribution in [1.29, 1.82) is 0 Å². The molecule has 0 bridgehead atoms. The summed E-state index contributed by atoms with van der Waals surface area (Å²) in [5, 5.41) is 2.39. The fraction of sp³-hybridized carbons (Fsp3) is 0.714. The SMILES string of the molecule is CCOC(=O)/C=C\C1(NC(=O)C(C)Cl)CCCCC1. The fourth-order valence-electron chi connectivity index (χ4n) is 2.28. The molecule has 1 atom stereocenters. The molecule has 0 aromatic heterocycles. The maximum atomic E-state index is 11.8. The van der Waals surface area contributed by atoms with Crippen molar-refractivity contribution in [3.8, 4) is 0 Å². The highest BCUT2D eigenvalue weighted by molar-refractivity contribution is 6.30. The van der Waals surface area contributed by atoms with Gasteiger partial charge < -0.3 is 10.1 Å². The summed E-state index contributed by atoms with van der Waals surface area (Å²) in [6.07, 6.45) is 8.06. The van der Waals surface area contributed by atoms with Crippen LogP contribution in [-0.2, 0) is 14.3 Å². The van der Waals surface area contributed by atoms with Gasteiger partial charge in [0.15, 0.2) is 0 Å². The summed E-state index contributed by atoms with van der Waals surface area (Å²) >= 11 is 5.79. The number of halogens is 1. The lowest BCUT2D eigenvalue weighted by molar-refractivity contribution is -0.137. The monoisotopic (exact) mass is 287 g/mol. The lowest BCUT2D eigenvalue weighted by Gasteiger charge is -2.36. The predicted octanol–water partition coefficient (Wildman–Crippen LogP) is 2.55. The molecule has 0 spiro atoms. The summed E-state index contributed by atoms with van der Waals surface area (Å²) in [7, 11) is 0. The second-order valence-electron chi connectivity index (χ2n) is 4.91. The maximum absolute atomic E-state index is 11.8. The normalized spacial score (nSPS) is 19.9. The van der Waals surface area contributed by atoms with Gasteiger partial charge in [0, 0.05) is 6.08 Å². The highest BCUT2D eigenvalue weighted by atomic mass is 35.5. The van der Waals surface area contributed by atoms with E-state index in [1.54, 1.807) is 19.9 Å². The van der Waals surface area contributed by atoms with Crippen molar-refractivity contribution < 1.29 is 14.3 Å². The van der Waals surface area contributed by atoms with Crippen LogP contribution in [0.5, 0.6) is 0 Å². The molecule has 0 heterocycles. The molecule has 1 fully saturated rings. The Morgan fingerprint density at radius 3 is 2.53 bits per heavy atom. The zero-order valence-electron chi connectivity index (χ0n) is 11.6. The quantitative estimate of drug-likeness (QED) is 0.480. The van der Waals surface area contributed by atoms with Gasteiger partial charge in [-0.1, -0.05) is 25.3 Å². The van der Waals surface area contributed by atoms with Crippen LogP contribution in [0.15, 0.2) is 12.2 Å². The average molecular weight is 288 g/mol. The average Bonchev–Trinajstić information content (AvgIpc) is 2.38. The largest absolute Gasteiger partial charge is 0.463 e. The Morgan fingerprint density at radius 1 is 1.37 bits per heavy atom. The van der Waals surface area contributed by atoms with E-state index in [1.807, 2.05) is 0 Å². The van der Waals surface area contributed by atoms with E-state index in [0.717, 1.165) is 32.1 Å². The molecule has 0 aromatic carbocycles. The van der Waals surface area contributed by atoms with E-state index in [4.69, 9.17) is 16.3 Å². The highest BCUT2D eigenvalue weighted by Crippen LogP contribution is 2.29. The van der Waals surface area contributed by atoms with Gasteiger partial charge in [-0.05, 0) is 26.7 Å². The Hall–Kier alpha value is -1.03. The van der Waals surface area contributed by atoms with Crippen molar-refractivity contribution in [1.82, 2.24) is 5.32 Å². The molecule has 0 radical (unpaired) electrons. The van der Waals surface area contributed by atoms with Crippen LogP contribution < -0.4 is 5.32 Å². The molecule has 1 N–H and O–H groups in total. The molecule has 0 aliphatic heterocycles. The molecule has 1 saturated carbocycles. The summed E-state index contributed by atoms with van der Waals surface area (Å²) in [5.74, 6) is -0.572. The second kappa shape index (κ2) is 7.53. The Kier molecular flexibility index (Phi) is 6.35.